The molecule has 2 aromatic carbocycles. The second kappa shape index (κ2) is 8.33. The summed E-state index contributed by atoms with van der Waals surface area (Å²) in [5, 5.41) is 15.8. The molecule has 0 saturated carbocycles. The Balaban J connectivity index is 1.81. The van der Waals surface area contributed by atoms with Crippen LogP contribution in [-0.4, -0.2) is 36.8 Å². The minimum absolute atomic E-state index is 0.0160. The fourth-order valence-corrected chi connectivity index (χ4v) is 1.84. The Morgan fingerprint density at radius 2 is 1.96 bits per heavy atom. The van der Waals surface area contributed by atoms with Crippen LogP contribution in [0.3, 0.4) is 0 Å². The lowest BCUT2D eigenvalue weighted by atomic mass is 10.2. The molecule has 7 nitrogen and oxygen atoms in total. The molecule has 0 heterocycles. The number of aromatic hydroxyl groups is 1. The number of phenols is 1. The normalized spacial score (nSPS) is 10.4. The predicted molar refractivity (Wildman–Crippen MR) is 89.2 cm³/mol. The maximum absolute atomic E-state index is 11.8. The van der Waals surface area contributed by atoms with Crippen molar-refractivity contribution in [1.29, 1.82) is 0 Å². The van der Waals surface area contributed by atoms with Crippen LogP contribution in [0.2, 0.25) is 0 Å². The SMILES string of the molecule is COc1cc(/C=N\NC(=O)CNC(=O)c2ccccc2)ccc1O. The van der Waals surface area contributed by atoms with Crippen molar-refractivity contribution < 1.29 is 19.4 Å². The number of methoxy groups -OCH3 is 1. The monoisotopic (exact) mass is 327 g/mol. The average Bonchev–Trinajstić information content (AvgIpc) is 2.61. The number of ether oxygens (including phenoxy) is 1. The number of rotatable bonds is 6. The fraction of sp³-hybridized carbons (Fsp3) is 0.118. The van der Waals surface area contributed by atoms with Crippen LogP contribution in [0.25, 0.3) is 0 Å². The van der Waals surface area contributed by atoms with E-state index >= 15 is 0 Å². The zero-order valence-corrected chi connectivity index (χ0v) is 13.0. The smallest absolute Gasteiger partial charge is 0.259 e. The van der Waals surface area contributed by atoms with Gasteiger partial charge in [0.15, 0.2) is 11.5 Å². The number of carbonyl (C=O) groups excluding carboxylic acids is 2. The van der Waals surface area contributed by atoms with Gasteiger partial charge in [-0.25, -0.2) is 5.43 Å². The summed E-state index contributed by atoms with van der Waals surface area (Å²) in [6, 6.07) is 13.2. The highest BCUT2D eigenvalue weighted by Crippen LogP contribution is 2.25. The number of hydrazone groups is 1. The molecule has 7 heteroatoms. The van der Waals surface area contributed by atoms with Crippen molar-refractivity contribution in [2.75, 3.05) is 13.7 Å². The van der Waals surface area contributed by atoms with Gasteiger partial charge >= 0.3 is 0 Å². The van der Waals surface area contributed by atoms with Crippen molar-refractivity contribution >= 4 is 18.0 Å². The molecule has 0 aliphatic heterocycles. The Hall–Kier alpha value is -3.35. The maximum atomic E-state index is 11.8. The third-order valence-electron chi connectivity index (χ3n) is 3.05. The number of nitrogens with zero attached hydrogens (tertiary/aromatic N) is 1. The zero-order valence-electron chi connectivity index (χ0n) is 13.0. The Morgan fingerprint density at radius 3 is 2.67 bits per heavy atom. The van der Waals surface area contributed by atoms with Crippen LogP contribution >= 0.6 is 0 Å². The number of carbonyl (C=O) groups is 2. The molecule has 24 heavy (non-hydrogen) atoms. The van der Waals surface area contributed by atoms with E-state index in [0.29, 0.717) is 16.9 Å². The molecule has 0 spiro atoms. The molecule has 0 radical (unpaired) electrons. The number of amides is 2. The van der Waals surface area contributed by atoms with Crippen molar-refractivity contribution in [3.05, 3.63) is 59.7 Å². The van der Waals surface area contributed by atoms with Gasteiger partial charge in [0.05, 0.1) is 19.9 Å². The lowest BCUT2D eigenvalue weighted by Crippen LogP contribution is -2.34. The highest BCUT2D eigenvalue weighted by Gasteiger charge is 2.06. The van der Waals surface area contributed by atoms with Gasteiger partial charge in [0.1, 0.15) is 0 Å². The van der Waals surface area contributed by atoms with Crippen molar-refractivity contribution in [3.8, 4) is 11.5 Å². The molecule has 2 rings (SSSR count). The Morgan fingerprint density at radius 1 is 1.21 bits per heavy atom. The molecule has 3 N–H and O–H groups in total. The highest BCUT2D eigenvalue weighted by molar-refractivity contribution is 5.96. The number of benzene rings is 2. The minimum atomic E-state index is -0.457. The van der Waals surface area contributed by atoms with Gasteiger partial charge in [-0.1, -0.05) is 18.2 Å². The van der Waals surface area contributed by atoms with Crippen LogP contribution in [-0.2, 0) is 4.79 Å². The van der Waals surface area contributed by atoms with Gasteiger partial charge in [-0.15, -0.1) is 0 Å². The molecular weight excluding hydrogens is 310 g/mol. The van der Waals surface area contributed by atoms with E-state index in [1.165, 1.54) is 19.4 Å². The van der Waals surface area contributed by atoms with E-state index in [2.05, 4.69) is 15.8 Å². The molecule has 0 fully saturated rings. The van der Waals surface area contributed by atoms with E-state index in [9.17, 15) is 14.7 Å². The first-order chi connectivity index (χ1) is 11.6. The van der Waals surface area contributed by atoms with E-state index in [-0.39, 0.29) is 18.2 Å². The second-order valence-electron chi connectivity index (χ2n) is 4.77. The van der Waals surface area contributed by atoms with Crippen LogP contribution in [0.1, 0.15) is 15.9 Å². The lowest BCUT2D eigenvalue weighted by Gasteiger charge is -2.04. The number of hydrogen-bond donors (Lipinski definition) is 3. The third-order valence-corrected chi connectivity index (χ3v) is 3.05. The van der Waals surface area contributed by atoms with Crippen molar-refractivity contribution in [1.82, 2.24) is 10.7 Å². The van der Waals surface area contributed by atoms with Gasteiger partial charge in [-0.3, -0.25) is 9.59 Å². The third kappa shape index (κ3) is 4.84. The Bertz CT molecular complexity index is 745. The first kappa shape index (κ1) is 17.0. The molecule has 2 aromatic rings. The lowest BCUT2D eigenvalue weighted by molar-refractivity contribution is -0.120. The molecule has 0 saturated heterocycles. The molecule has 0 atom stereocenters. The predicted octanol–water partition coefficient (Wildman–Crippen LogP) is 1.28. The average molecular weight is 327 g/mol. The quantitative estimate of drug-likeness (QED) is 0.549. The van der Waals surface area contributed by atoms with Crippen LogP contribution in [0.15, 0.2) is 53.6 Å². The molecular formula is C17H17N3O4. The maximum Gasteiger partial charge on any atom is 0.259 e. The fourth-order valence-electron chi connectivity index (χ4n) is 1.84. The summed E-state index contributed by atoms with van der Waals surface area (Å²) in [5.41, 5.74) is 3.42. The van der Waals surface area contributed by atoms with E-state index in [1.54, 1.807) is 42.5 Å². The van der Waals surface area contributed by atoms with Gasteiger partial charge in [0.25, 0.3) is 11.8 Å². The van der Waals surface area contributed by atoms with Crippen LogP contribution < -0.4 is 15.5 Å². The van der Waals surface area contributed by atoms with E-state index < -0.39 is 5.91 Å². The summed E-state index contributed by atoms with van der Waals surface area (Å²) in [6.07, 6.45) is 1.40. The van der Waals surface area contributed by atoms with Gasteiger partial charge in [-0.05, 0) is 35.9 Å². The standard InChI is InChI=1S/C17H17N3O4/c1-24-15-9-12(7-8-14(15)21)10-19-20-16(22)11-18-17(23)13-5-3-2-4-6-13/h2-10,21H,11H2,1H3,(H,18,23)(H,20,22)/b19-10-. The molecule has 0 aromatic heterocycles. The Labute approximate surface area is 139 Å². The molecule has 0 bridgehead atoms. The van der Waals surface area contributed by atoms with Crippen LogP contribution in [0, 0.1) is 0 Å². The van der Waals surface area contributed by atoms with Crippen LogP contribution in [0.4, 0.5) is 0 Å². The largest absolute Gasteiger partial charge is 0.504 e. The topological polar surface area (TPSA) is 100 Å². The molecule has 0 aliphatic carbocycles. The molecule has 0 unspecified atom stereocenters. The summed E-state index contributed by atoms with van der Waals surface area (Å²) in [6.45, 7) is -0.191. The summed E-state index contributed by atoms with van der Waals surface area (Å²) >= 11 is 0. The summed E-state index contributed by atoms with van der Waals surface area (Å²) in [5.74, 6) is -0.470. The van der Waals surface area contributed by atoms with Crippen molar-refractivity contribution in [3.63, 3.8) is 0 Å². The summed E-state index contributed by atoms with van der Waals surface area (Å²) in [4.78, 5) is 23.4. The molecule has 2 amide bonds. The Kier molecular flexibility index (Phi) is 5.90. The summed E-state index contributed by atoms with van der Waals surface area (Å²) < 4.78 is 4.97. The van der Waals surface area contributed by atoms with E-state index in [0.717, 1.165) is 0 Å². The number of hydrogen-bond acceptors (Lipinski definition) is 5. The van der Waals surface area contributed by atoms with Gasteiger partial charge in [0.2, 0.25) is 0 Å². The second-order valence-corrected chi connectivity index (χ2v) is 4.77. The number of nitrogens with one attached hydrogen (secondary N) is 2. The first-order valence-electron chi connectivity index (χ1n) is 7.12. The van der Waals surface area contributed by atoms with Crippen LogP contribution in [0.5, 0.6) is 11.5 Å². The van der Waals surface area contributed by atoms with Crippen molar-refractivity contribution in [2.45, 2.75) is 0 Å². The summed E-state index contributed by atoms with van der Waals surface area (Å²) in [7, 11) is 1.44. The van der Waals surface area contributed by atoms with Gasteiger partial charge < -0.3 is 15.2 Å². The van der Waals surface area contributed by atoms with Gasteiger partial charge in [-0.2, -0.15) is 5.10 Å². The van der Waals surface area contributed by atoms with E-state index in [1.807, 2.05) is 0 Å². The van der Waals surface area contributed by atoms with Crippen molar-refractivity contribution in [2.24, 2.45) is 5.10 Å². The molecule has 124 valence electrons. The highest BCUT2D eigenvalue weighted by atomic mass is 16.5. The number of phenolic OH excluding ortho intramolecular Hbond substituents is 1. The molecule has 0 aliphatic rings. The van der Waals surface area contributed by atoms with Gasteiger partial charge in [0, 0.05) is 5.56 Å². The van der Waals surface area contributed by atoms with E-state index in [4.69, 9.17) is 4.74 Å². The minimum Gasteiger partial charge on any atom is -0.504 e. The first-order valence-corrected chi connectivity index (χ1v) is 7.12. The zero-order chi connectivity index (χ0) is 17.4.